The van der Waals surface area contributed by atoms with Crippen LogP contribution in [0.25, 0.3) is 0 Å². The zero-order valence-corrected chi connectivity index (χ0v) is 13.9. The maximum Gasteiger partial charge on any atom is 0.0678 e. The molecule has 0 bridgehead atoms. The minimum Gasteiger partial charge on any atom is -0.373 e. The molecule has 3 nitrogen and oxygen atoms in total. The standard InChI is InChI=1S/C18H30N2O/c1-5-19-18(17-8-6-14(2)7-9-17)10-11-20-12-15(3)21-16(4)13-20/h6-9,15-16,18-19H,5,10-13H2,1-4H3. The molecule has 21 heavy (non-hydrogen) atoms. The highest BCUT2D eigenvalue weighted by Crippen LogP contribution is 2.19. The maximum absolute atomic E-state index is 5.81. The van der Waals surface area contributed by atoms with Crippen LogP contribution in [0.4, 0.5) is 0 Å². The summed E-state index contributed by atoms with van der Waals surface area (Å²) < 4.78 is 5.81. The number of hydrogen-bond acceptors (Lipinski definition) is 3. The molecule has 1 aliphatic heterocycles. The Hall–Kier alpha value is -0.900. The number of hydrogen-bond donors (Lipinski definition) is 1. The summed E-state index contributed by atoms with van der Waals surface area (Å²) in [6, 6.07) is 9.38. The van der Waals surface area contributed by atoms with Gasteiger partial charge in [-0.2, -0.15) is 0 Å². The number of morpholine rings is 1. The molecular formula is C18H30N2O. The Morgan fingerprint density at radius 2 is 1.81 bits per heavy atom. The summed E-state index contributed by atoms with van der Waals surface area (Å²) in [5, 5.41) is 3.62. The van der Waals surface area contributed by atoms with E-state index in [1.54, 1.807) is 0 Å². The Kier molecular flexibility index (Phi) is 6.22. The van der Waals surface area contributed by atoms with Gasteiger partial charge in [0.15, 0.2) is 0 Å². The molecule has 0 radical (unpaired) electrons. The summed E-state index contributed by atoms with van der Waals surface area (Å²) in [6.07, 6.45) is 1.85. The molecule has 3 unspecified atom stereocenters. The van der Waals surface area contributed by atoms with Crippen molar-refractivity contribution < 1.29 is 4.74 Å². The molecule has 3 atom stereocenters. The molecule has 1 aromatic carbocycles. The van der Waals surface area contributed by atoms with Gasteiger partial charge in [-0.05, 0) is 39.3 Å². The van der Waals surface area contributed by atoms with Crippen LogP contribution >= 0.6 is 0 Å². The quantitative estimate of drug-likeness (QED) is 0.871. The first-order valence-corrected chi connectivity index (χ1v) is 8.26. The van der Waals surface area contributed by atoms with Crippen molar-refractivity contribution >= 4 is 0 Å². The summed E-state index contributed by atoms with van der Waals surface area (Å²) in [5.74, 6) is 0. The van der Waals surface area contributed by atoms with Gasteiger partial charge in [0.25, 0.3) is 0 Å². The molecule has 1 aromatic rings. The number of ether oxygens (including phenoxy) is 1. The third kappa shape index (κ3) is 5.10. The Morgan fingerprint density at radius 1 is 1.19 bits per heavy atom. The molecular weight excluding hydrogens is 260 g/mol. The van der Waals surface area contributed by atoms with Crippen LogP contribution in [0.15, 0.2) is 24.3 Å². The number of nitrogens with one attached hydrogen (secondary N) is 1. The van der Waals surface area contributed by atoms with Gasteiger partial charge in [0.1, 0.15) is 0 Å². The minimum absolute atomic E-state index is 0.353. The SMILES string of the molecule is CCNC(CCN1CC(C)OC(C)C1)c1ccc(C)cc1. The molecule has 1 N–H and O–H groups in total. The molecule has 118 valence electrons. The van der Waals surface area contributed by atoms with Crippen LogP contribution in [-0.2, 0) is 4.74 Å². The second kappa shape index (κ2) is 7.92. The Bertz CT molecular complexity index is 408. The predicted molar refractivity (Wildman–Crippen MR) is 88.7 cm³/mol. The van der Waals surface area contributed by atoms with E-state index in [2.05, 4.69) is 62.2 Å². The lowest BCUT2D eigenvalue weighted by atomic mass is 10.0. The third-order valence-corrected chi connectivity index (χ3v) is 4.16. The van der Waals surface area contributed by atoms with Crippen LogP contribution in [0.5, 0.6) is 0 Å². The Morgan fingerprint density at radius 3 is 2.38 bits per heavy atom. The topological polar surface area (TPSA) is 24.5 Å². The van der Waals surface area contributed by atoms with Crippen LogP contribution in [0.2, 0.25) is 0 Å². The van der Waals surface area contributed by atoms with E-state index in [4.69, 9.17) is 4.74 Å². The second-order valence-electron chi connectivity index (χ2n) is 6.33. The molecule has 0 spiro atoms. The summed E-state index contributed by atoms with van der Waals surface area (Å²) in [6.45, 7) is 12.9. The van der Waals surface area contributed by atoms with Crippen LogP contribution in [0, 0.1) is 6.92 Å². The molecule has 2 rings (SSSR count). The van der Waals surface area contributed by atoms with E-state index in [1.165, 1.54) is 11.1 Å². The van der Waals surface area contributed by atoms with Crippen molar-refractivity contribution in [2.45, 2.75) is 52.4 Å². The number of nitrogens with zero attached hydrogens (tertiary/aromatic N) is 1. The van der Waals surface area contributed by atoms with Crippen LogP contribution in [0.1, 0.15) is 44.4 Å². The first kappa shape index (κ1) is 16.5. The van der Waals surface area contributed by atoms with Crippen molar-refractivity contribution in [1.82, 2.24) is 10.2 Å². The lowest BCUT2D eigenvalue weighted by molar-refractivity contribution is -0.0685. The smallest absolute Gasteiger partial charge is 0.0678 e. The van der Waals surface area contributed by atoms with Gasteiger partial charge in [-0.3, -0.25) is 4.90 Å². The van der Waals surface area contributed by atoms with Gasteiger partial charge >= 0.3 is 0 Å². The van der Waals surface area contributed by atoms with Crippen LogP contribution in [-0.4, -0.2) is 43.3 Å². The Labute approximate surface area is 129 Å². The average Bonchev–Trinajstić information content (AvgIpc) is 2.43. The highest BCUT2D eigenvalue weighted by atomic mass is 16.5. The van der Waals surface area contributed by atoms with Gasteiger partial charge in [-0.15, -0.1) is 0 Å². The molecule has 3 heteroatoms. The number of rotatable bonds is 6. The second-order valence-corrected chi connectivity index (χ2v) is 6.33. The van der Waals surface area contributed by atoms with Gasteiger partial charge in [-0.1, -0.05) is 36.8 Å². The van der Waals surface area contributed by atoms with Crippen molar-refractivity contribution in [2.24, 2.45) is 0 Å². The zero-order valence-electron chi connectivity index (χ0n) is 13.9. The van der Waals surface area contributed by atoms with E-state index in [0.29, 0.717) is 18.2 Å². The maximum atomic E-state index is 5.81. The largest absolute Gasteiger partial charge is 0.373 e. The van der Waals surface area contributed by atoms with Gasteiger partial charge in [0, 0.05) is 25.7 Å². The highest BCUT2D eigenvalue weighted by Gasteiger charge is 2.22. The van der Waals surface area contributed by atoms with E-state index in [9.17, 15) is 0 Å². The summed E-state index contributed by atoms with van der Waals surface area (Å²) in [5.41, 5.74) is 2.72. The lowest BCUT2D eigenvalue weighted by Crippen LogP contribution is -2.46. The molecule has 1 saturated heterocycles. The summed E-state index contributed by atoms with van der Waals surface area (Å²) >= 11 is 0. The minimum atomic E-state index is 0.353. The van der Waals surface area contributed by atoms with E-state index in [0.717, 1.165) is 32.6 Å². The zero-order chi connectivity index (χ0) is 15.2. The van der Waals surface area contributed by atoms with E-state index in [1.807, 2.05) is 0 Å². The van der Waals surface area contributed by atoms with E-state index >= 15 is 0 Å². The molecule has 0 aromatic heterocycles. The van der Waals surface area contributed by atoms with Crippen LogP contribution in [0.3, 0.4) is 0 Å². The third-order valence-electron chi connectivity index (χ3n) is 4.16. The van der Waals surface area contributed by atoms with Crippen molar-refractivity contribution in [2.75, 3.05) is 26.2 Å². The van der Waals surface area contributed by atoms with Gasteiger partial charge in [0.05, 0.1) is 12.2 Å². The molecule has 1 fully saturated rings. The van der Waals surface area contributed by atoms with Crippen LogP contribution < -0.4 is 5.32 Å². The molecule has 0 aliphatic carbocycles. The number of benzene rings is 1. The van der Waals surface area contributed by atoms with Gasteiger partial charge in [-0.25, -0.2) is 0 Å². The fourth-order valence-corrected chi connectivity index (χ4v) is 3.21. The first-order valence-electron chi connectivity index (χ1n) is 8.26. The Balaban J connectivity index is 1.92. The fourth-order valence-electron chi connectivity index (χ4n) is 3.21. The summed E-state index contributed by atoms with van der Waals surface area (Å²) in [7, 11) is 0. The van der Waals surface area contributed by atoms with Crippen molar-refractivity contribution in [1.29, 1.82) is 0 Å². The van der Waals surface area contributed by atoms with Gasteiger partial charge < -0.3 is 10.1 Å². The number of aryl methyl sites for hydroxylation is 1. The normalized spacial score (nSPS) is 25.0. The summed E-state index contributed by atoms with van der Waals surface area (Å²) in [4.78, 5) is 2.54. The van der Waals surface area contributed by atoms with E-state index in [-0.39, 0.29) is 0 Å². The van der Waals surface area contributed by atoms with E-state index < -0.39 is 0 Å². The average molecular weight is 290 g/mol. The van der Waals surface area contributed by atoms with Crippen molar-refractivity contribution in [3.63, 3.8) is 0 Å². The molecule has 0 amide bonds. The van der Waals surface area contributed by atoms with Gasteiger partial charge in [0.2, 0.25) is 0 Å². The highest BCUT2D eigenvalue weighted by molar-refractivity contribution is 5.24. The fraction of sp³-hybridized carbons (Fsp3) is 0.667. The van der Waals surface area contributed by atoms with Crippen molar-refractivity contribution in [3.8, 4) is 0 Å². The molecule has 1 heterocycles. The molecule has 0 saturated carbocycles. The lowest BCUT2D eigenvalue weighted by Gasteiger charge is -2.36. The monoisotopic (exact) mass is 290 g/mol. The first-order chi connectivity index (χ1) is 10.1. The van der Waals surface area contributed by atoms with Crippen molar-refractivity contribution in [3.05, 3.63) is 35.4 Å². The predicted octanol–water partition coefficient (Wildman–Crippen LogP) is 3.14. The molecule has 1 aliphatic rings.